The quantitative estimate of drug-likeness (QED) is 0.465. The Balaban J connectivity index is 1.41. The fraction of sp³-hybridized carbons (Fsp3) is 0.786. The van der Waals surface area contributed by atoms with Crippen LogP contribution in [0.25, 0.3) is 0 Å². The number of rotatable bonds is 8. The van der Waals surface area contributed by atoms with Crippen LogP contribution in [0, 0.1) is 17.8 Å². The Morgan fingerprint density at radius 1 is 1.03 bits per heavy atom. The number of likely N-dealkylation sites (N-methyl/N-ethyl adjacent to an activating group) is 1. The Kier molecular flexibility index (Phi) is 4.99. The molecule has 0 aromatic heterocycles. The summed E-state index contributed by atoms with van der Waals surface area (Å²) in [7, 11) is 2.26. The lowest BCUT2D eigenvalue weighted by atomic mass is 9.60. The molecule has 1 aromatic rings. The van der Waals surface area contributed by atoms with Gasteiger partial charge >= 0.3 is 0 Å². The molecule has 4 heteroatoms. The summed E-state index contributed by atoms with van der Waals surface area (Å²) < 4.78 is 0.898. The molecule has 1 aromatic carbocycles. The minimum absolute atomic E-state index is 0.134. The van der Waals surface area contributed by atoms with E-state index < -0.39 is 0 Å². The van der Waals surface area contributed by atoms with E-state index in [1.165, 1.54) is 56.2 Å². The number of hydrogen-bond acceptors (Lipinski definition) is 3. The molecule has 10 atom stereocenters. The Morgan fingerprint density at radius 3 is 2.56 bits per heavy atom. The second kappa shape index (κ2) is 7.45. The second-order valence-corrected chi connectivity index (χ2v) is 11.8. The van der Waals surface area contributed by atoms with E-state index in [0.29, 0.717) is 35.9 Å². The third-order valence-corrected chi connectivity index (χ3v) is 11.0. The lowest BCUT2D eigenvalue weighted by Gasteiger charge is -2.68. The van der Waals surface area contributed by atoms with E-state index in [2.05, 4.69) is 50.1 Å². The molecule has 6 aliphatic rings. The topological polar surface area (TPSA) is 43.7 Å². The van der Waals surface area contributed by atoms with Crippen LogP contribution in [-0.4, -0.2) is 58.7 Å². The first-order valence-electron chi connectivity index (χ1n) is 13.6. The fourth-order valence-electron chi connectivity index (χ4n) is 10.0. The van der Waals surface area contributed by atoms with Crippen molar-refractivity contribution in [1.29, 1.82) is 0 Å². The van der Waals surface area contributed by atoms with Crippen molar-refractivity contribution in [2.75, 3.05) is 18.5 Å². The first-order chi connectivity index (χ1) is 15.5. The van der Waals surface area contributed by atoms with Crippen LogP contribution in [0.1, 0.15) is 77.2 Å². The number of anilines is 1. The summed E-state index contributed by atoms with van der Waals surface area (Å²) in [6, 6.07) is 10.1. The molecule has 1 saturated carbocycles. The van der Waals surface area contributed by atoms with Crippen molar-refractivity contribution in [2.24, 2.45) is 17.8 Å². The number of hydrogen-bond donors (Lipinski definition) is 2. The van der Waals surface area contributed by atoms with Crippen LogP contribution in [-0.2, 0) is 5.41 Å². The molecular formula is C28H43N2O2+. The summed E-state index contributed by atoms with van der Waals surface area (Å²) >= 11 is 0. The van der Waals surface area contributed by atoms with Crippen LogP contribution in [0.5, 0.6) is 0 Å². The molecule has 7 rings (SSSR count). The number of aliphatic hydroxyl groups is 2. The maximum atomic E-state index is 12.1. The highest BCUT2D eigenvalue weighted by Gasteiger charge is 2.82. The Morgan fingerprint density at radius 2 is 1.78 bits per heavy atom. The van der Waals surface area contributed by atoms with Gasteiger partial charge < -0.3 is 15.1 Å². The number of para-hydroxylation sites is 1. The summed E-state index contributed by atoms with van der Waals surface area (Å²) in [6.07, 6.45) is 10.6. The molecule has 0 amide bonds. The number of quaternary nitrogens is 1. The van der Waals surface area contributed by atoms with Gasteiger partial charge in [0.1, 0.15) is 6.04 Å². The van der Waals surface area contributed by atoms with Gasteiger partial charge in [-0.1, -0.05) is 57.7 Å². The van der Waals surface area contributed by atoms with E-state index >= 15 is 0 Å². The number of unbranched alkanes of at least 4 members (excludes halogenated alkanes) is 5. The molecule has 2 N–H and O–H groups in total. The average Bonchev–Trinajstić information content (AvgIpc) is 3.19. The van der Waals surface area contributed by atoms with Crippen molar-refractivity contribution in [3.63, 3.8) is 0 Å². The molecule has 176 valence electrons. The maximum absolute atomic E-state index is 12.1. The van der Waals surface area contributed by atoms with Gasteiger partial charge in [0.2, 0.25) is 0 Å². The zero-order valence-corrected chi connectivity index (χ0v) is 20.3. The van der Waals surface area contributed by atoms with E-state index in [-0.39, 0.29) is 17.7 Å². The highest BCUT2D eigenvalue weighted by atomic mass is 16.3. The molecular weight excluding hydrogens is 396 g/mol. The molecule has 5 fully saturated rings. The zero-order valence-electron chi connectivity index (χ0n) is 20.3. The van der Waals surface area contributed by atoms with E-state index in [4.69, 9.17) is 0 Å². The lowest BCUT2D eigenvalue weighted by Crippen LogP contribution is -2.83. The van der Waals surface area contributed by atoms with E-state index in [9.17, 15) is 10.2 Å². The first kappa shape index (κ1) is 21.4. The van der Waals surface area contributed by atoms with Crippen LogP contribution in [0.3, 0.4) is 0 Å². The van der Waals surface area contributed by atoms with Crippen molar-refractivity contribution in [3.8, 4) is 0 Å². The second-order valence-electron chi connectivity index (χ2n) is 11.8. The molecule has 5 heterocycles. The summed E-state index contributed by atoms with van der Waals surface area (Å²) in [5.74, 6) is 1.18. The Hall–Kier alpha value is -1.10. The van der Waals surface area contributed by atoms with Gasteiger partial charge in [-0.25, -0.2) is 0 Å². The predicted octanol–water partition coefficient (Wildman–Crippen LogP) is 4.43. The van der Waals surface area contributed by atoms with Gasteiger partial charge in [-0.2, -0.15) is 0 Å². The van der Waals surface area contributed by atoms with E-state index in [1.807, 2.05) is 0 Å². The Labute approximate surface area is 194 Å². The van der Waals surface area contributed by atoms with Crippen molar-refractivity contribution >= 4 is 5.69 Å². The minimum atomic E-state index is -0.273. The number of aliphatic hydroxyl groups excluding tert-OH is 2. The van der Waals surface area contributed by atoms with Crippen molar-refractivity contribution in [3.05, 3.63) is 29.8 Å². The standard InChI is InChI=1S/C28H43N2O2/c1-4-6-7-8-9-12-15-30-22-16-19(18(5-2)27(30)32)24-23(30)17-28(26(24)31)20-13-10-11-14-21(20)29(3)25(22)28/h10-11,13-14,18-19,22-27,31-32H,4-9,12,15-17H2,1-3H3/q+1/t18-,19-,22-,23-,24+,25-,26-,27+,28-,30-/m0/s1. The van der Waals surface area contributed by atoms with Gasteiger partial charge in [0, 0.05) is 37.4 Å². The van der Waals surface area contributed by atoms with Crippen LogP contribution >= 0.6 is 0 Å². The third-order valence-electron chi connectivity index (χ3n) is 11.0. The van der Waals surface area contributed by atoms with Crippen molar-refractivity contribution in [2.45, 2.75) is 108 Å². The molecule has 4 saturated heterocycles. The summed E-state index contributed by atoms with van der Waals surface area (Å²) in [5.41, 5.74) is 2.58. The van der Waals surface area contributed by atoms with Gasteiger partial charge in [0.15, 0.2) is 6.23 Å². The highest BCUT2D eigenvalue weighted by Crippen LogP contribution is 2.71. The molecule has 5 aliphatic heterocycles. The molecule has 4 nitrogen and oxygen atoms in total. The molecule has 0 unspecified atom stereocenters. The number of benzene rings is 1. The Bertz CT molecular complexity index is 875. The van der Waals surface area contributed by atoms with Crippen molar-refractivity contribution in [1.82, 2.24) is 0 Å². The maximum Gasteiger partial charge on any atom is 0.194 e. The number of fused-ring (bicyclic) bond motifs is 2. The summed E-state index contributed by atoms with van der Waals surface area (Å²) in [6.45, 7) is 5.64. The van der Waals surface area contributed by atoms with E-state index in [1.54, 1.807) is 0 Å². The van der Waals surface area contributed by atoms with Gasteiger partial charge in [0.05, 0.1) is 30.1 Å². The van der Waals surface area contributed by atoms with Gasteiger partial charge in [-0.05, 0) is 36.8 Å². The summed E-state index contributed by atoms with van der Waals surface area (Å²) in [5, 5.41) is 24.1. The van der Waals surface area contributed by atoms with Crippen LogP contribution in [0.2, 0.25) is 0 Å². The van der Waals surface area contributed by atoms with Crippen LogP contribution in [0.4, 0.5) is 5.69 Å². The average molecular weight is 440 g/mol. The molecule has 32 heavy (non-hydrogen) atoms. The SMILES string of the molecule is CCCCCCCC[N@+]12[C@H](O)[C@@H](CC)[C@@H]3C[C@H]1[C@@H]1N(C)c4ccccc4[C@@]14C[C@H]2[C@@H]3[C@@H]4O. The normalized spacial score (nSPS) is 47.2. The summed E-state index contributed by atoms with van der Waals surface area (Å²) in [4.78, 5) is 2.51. The van der Waals surface area contributed by atoms with Gasteiger partial charge in [-0.15, -0.1) is 0 Å². The van der Waals surface area contributed by atoms with Crippen molar-refractivity contribution < 1.29 is 14.7 Å². The number of nitrogens with zero attached hydrogens (tertiary/aromatic N) is 2. The smallest absolute Gasteiger partial charge is 0.194 e. The molecule has 1 spiro atoms. The molecule has 1 aliphatic carbocycles. The van der Waals surface area contributed by atoms with Gasteiger partial charge in [-0.3, -0.25) is 4.48 Å². The molecule has 0 radical (unpaired) electrons. The third kappa shape index (κ3) is 2.35. The van der Waals surface area contributed by atoms with Crippen LogP contribution in [0.15, 0.2) is 24.3 Å². The highest BCUT2D eigenvalue weighted by molar-refractivity contribution is 5.66. The lowest BCUT2D eigenvalue weighted by molar-refractivity contribution is -1.04. The zero-order chi connectivity index (χ0) is 22.3. The predicted molar refractivity (Wildman–Crippen MR) is 128 cm³/mol. The van der Waals surface area contributed by atoms with E-state index in [0.717, 1.165) is 23.9 Å². The molecule has 5 bridgehead atoms. The van der Waals surface area contributed by atoms with Crippen LogP contribution < -0.4 is 4.90 Å². The largest absolute Gasteiger partial charge is 0.392 e. The number of piperidine rings is 4. The fourth-order valence-corrected chi connectivity index (χ4v) is 10.0. The minimum Gasteiger partial charge on any atom is -0.392 e. The first-order valence-corrected chi connectivity index (χ1v) is 13.6. The monoisotopic (exact) mass is 439 g/mol. The van der Waals surface area contributed by atoms with Gasteiger partial charge in [0.25, 0.3) is 0 Å².